The molecule has 0 aliphatic carbocycles. The third-order valence-corrected chi connectivity index (χ3v) is 2.18. The smallest absolute Gasteiger partial charge is 0.119 e. The maximum Gasteiger partial charge on any atom is 0.119 e. The molecule has 1 aromatic rings. The number of phenols is 1. The van der Waals surface area contributed by atoms with E-state index in [1.807, 2.05) is 26.0 Å². The maximum absolute atomic E-state index is 9.46. The van der Waals surface area contributed by atoms with Gasteiger partial charge in [-0.25, -0.2) is 0 Å². The zero-order valence-corrected chi connectivity index (χ0v) is 8.10. The third-order valence-electron chi connectivity index (χ3n) is 1.87. The Labute approximate surface area is 78.0 Å². The highest BCUT2D eigenvalue weighted by molar-refractivity contribution is 6.17. The summed E-state index contributed by atoms with van der Waals surface area (Å²) in [5, 5.41) is 9.46. The summed E-state index contributed by atoms with van der Waals surface area (Å²) >= 11 is 5.67. The van der Waals surface area contributed by atoms with E-state index in [9.17, 15) is 5.11 Å². The minimum atomic E-state index is 0.341. The fourth-order valence-corrected chi connectivity index (χ4v) is 1.32. The Bertz CT molecular complexity index is 269. The van der Waals surface area contributed by atoms with E-state index < -0.39 is 0 Å². The topological polar surface area (TPSA) is 20.2 Å². The highest BCUT2D eigenvalue weighted by atomic mass is 35.5. The summed E-state index contributed by atoms with van der Waals surface area (Å²) in [4.78, 5) is 0. The normalized spacial score (nSPS) is 10.7. The van der Waals surface area contributed by atoms with E-state index in [0.717, 1.165) is 11.1 Å². The van der Waals surface area contributed by atoms with Crippen LogP contribution in [0.1, 0.15) is 30.9 Å². The third kappa shape index (κ3) is 1.92. The second-order valence-electron chi connectivity index (χ2n) is 3.18. The van der Waals surface area contributed by atoms with Crippen LogP contribution in [0.2, 0.25) is 0 Å². The monoisotopic (exact) mass is 184 g/mol. The molecule has 0 bridgehead atoms. The van der Waals surface area contributed by atoms with Gasteiger partial charge in [-0.05, 0) is 23.1 Å². The SMILES string of the molecule is CC(C)c1cc(CCl)ccc1O. The fraction of sp³-hybridized carbons (Fsp3) is 0.400. The molecule has 0 aromatic heterocycles. The minimum absolute atomic E-state index is 0.341. The van der Waals surface area contributed by atoms with Gasteiger partial charge in [0.05, 0.1) is 0 Å². The summed E-state index contributed by atoms with van der Waals surface area (Å²) in [6, 6.07) is 5.49. The van der Waals surface area contributed by atoms with Gasteiger partial charge in [0.2, 0.25) is 0 Å². The highest BCUT2D eigenvalue weighted by Gasteiger charge is 2.05. The van der Waals surface area contributed by atoms with E-state index in [-0.39, 0.29) is 0 Å². The lowest BCUT2D eigenvalue weighted by Gasteiger charge is -2.08. The van der Waals surface area contributed by atoms with E-state index >= 15 is 0 Å². The van der Waals surface area contributed by atoms with Crippen LogP contribution in [0.25, 0.3) is 0 Å². The summed E-state index contributed by atoms with van der Waals surface area (Å²) in [6.45, 7) is 4.10. The summed E-state index contributed by atoms with van der Waals surface area (Å²) < 4.78 is 0. The number of rotatable bonds is 2. The van der Waals surface area contributed by atoms with Crippen molar-refractivity contribution in [3.63, 3.8) is 0 Å². The van der Waals surface area contributed by atoms with Gasteiger partial charge >= 0.3 is 0 Å². The largest absolute Gasteiger partial charge is 0.508 e. The summed E-state index contributed by atoms with van der Waals surface area (Å²) in [5.74, 6) is 1.20. The Morgan fingerprint density at radius 1 is 1.42 bits per heavy atom. The van der Waals surface area contributed by atoms with Crippen molar-refractivity contribution in [2.24, 2.45) is 0 Å². The van der Waals surface area contributed by atoms with Crippen molar-refractivity contribution in [3.05, 3.63) is 29.3 Å². The van der Waals surface area contributed by atoms with Gasteiger partial charge in [0.25, 0.3) is 0 Å². The van der Waals surface area contributed by atoms with E-state index in [0.29, 0.717) is 17.5 Å². The number of halogens is 1. The molecule has 0 aliphatic heterocycles. The lowest BCUT2D eigenvalue weighted by Crippen LogP contribution is -1.89. The molecule has 2 heteroatoms. The average molecular weight is 185 g/mol. The quantitative estimate of drug-likeness (QED) is 0.700. The van der Waals surface area contributed by atoms with Crippen molar-refractivity contribution in [1.82, 2.24) is 0 Å². The van der Waals surface area contributed by atoms with Gasteiger partial charge in [-0.3, -0.25) is 0 Å². The van der Waals surface area contributed by atoms with Gasteiger partial charge in [-0.1, -0.05) is 26.0 Å². The number of hydrogen-bond acceptors (Lipinski definition) is 1. The van der Waals surface area contributed by atoms with Crippen molar-refractivity contribution in [1.29, 1.82) is 0 Å². The van der Waals surface area contributed by atoms with Crippen molar-refractivity contribution < 1.29 is 5.11 Å². The van der Waals surface area contributed by atoms with Crippen LogP contribution in [0.15, 0.2) is 18.2 Å². The zero-order chi connectivity index (χ0) is 9.14. The van der Waals surface area contributed by atoms with Crippen LogP contribution in [0, 0.1) is 0 Å². The van der Waals surface area contributed by atoms with Crippen LogP contribution in [-0.4, -0.2) is 5.11 Å². The maximum atomic E-state index is 9.46. The van der Waals surface area contributed by atoms with Gasteiger partial charge in [0, 0.05) is 5.88 Å². The molecule has 0 aliphatic rings. The van der Waals surface area contributed by atoms with Crippen LogP contribution < -0.4 is 0 Å². The van der Waals surface area contributed by atoms with E-state index in [2.05, 4.69) is 0 Å². The molecular formula is C10H13ClO. The van der Waals surface area contributed by atoms with Crippen LogP contribution in [-0.2, 0) is 5.88 Å². The molecule has 0 saturated carbocycles. The molecule has 1 N–H and O–H groups in total. The molecule has 0 amide bonds. The molecule has 1 rings (SSSR count). The van der Waals surface area contributed by atoms with Gasteiger partial charge in [-0.15, -0.1) is 11.6 Å². The Morgan fingerprint density at radius 3 is 2.58 bits per heavy atom. The molecule has 12 heavy (non-hydrogen) atoms. The Morgan fingerprint density at radius 2 is 2.08 bits per heavy atom. The predicted molar refractivity (Wildman–Crippen MR) is 51.8 cm³/mol. The lowest BCUT2D eigenvalue weighted by atomic mass is 10.0. The van der Waals surface area contributed by atoms with Crippen molar-refractivity contribution in [2.75, 3.05) is 0 Å². The number of phenolic OH excluding ortho intramolecular Hbond substituents is 1. The predicted octanol–water partition coefficient (Wildman–Crippen LogP) is 3.25. The number of alkyl halides is 1. The number of aromatic hydroxyl groups is 1. The van der Waals surface area contributed by atoms with Gasteiger partial charge in [-0.2, -0.15) is 0 Å². The molecule has 0 saturated heterocycles. The van der Waals surface area contributed by atoms with Gasteiger partial charge < -0.3 is 5.11 Å². The second kappa shape index (κ2) is 3.81. The first kappa shape index (κ1) is 9.40. The van der Waals surface area contributed by atoms with Crippen LogP contribution >= 0.6 is 11.6 Å². The van der Waals surface area contributed by atoms with Crippen molar-refractivity contribution >= 4 is 11.6 Å². The van der Waals surface area contributed by atoms with Crippen LogP contribution in [0.5, 0.6) is 5.75 Å². The van der Waals surface area contributed by atoms with Crippen LogP contribution in [0.4, 0.5) is 0 Å². The molecular weight excluding hydrogens is 172 g/mol. The number of benzene rings is 1. The Balaban J connectivity index is 3.08. The first-order valence-corrected chi connectivity index (χ1v) is 4.56. The molecule has 66 valence electrons. The molecule has 0 heterocycles. The zero-order valence-electron chi connectivity index (χ0n) is 7.34. The van der Waals surface area contributed by atoms with Crippen molar-refractivity contribution in [2.45, 2.75) is 25.6 Å². The van der Waals surface area contributed by atoms with Crippen LogP contribution in [0.3, 0.4) is 0 Å². The molecule has 0 spiro atoms. The first-order chi connectivity index (χ1) is 5.65. The van der Waals surface area contributed by atoms with Gasteiger partial charge in [0.1, 0.15) is 5.75 Å². The average Bonchev–Trinajstić information content (AvgIpc) is 2.05. The molecule has 0 unspecified atom stereocenters. The van der Waals surface area contributed by atoms with Crippen molar-refractivity contribution in [3.8, 4) is 5.75 Å². The Hall–Kier alpha value is -0.690. The summed E-state index contributed by atoms with van der Waals surface area (Å²) in [7, 11) is 0. The first-order valence-electron chi connectivity index (χ1n) is 4.03. The van der Waals surface area contributed by atoms with E-state index in [1.54, 1.807) is 6.07 Å². The molecule has 1 aromatic carbocycles. The van der Waals surface area contributed by atoms with E-state index in [1.165, 1.54) is 0 Å². The van der Waals surface area contributed by atoms with E-state index in [4.69, 9.17) is 11.6 Å². The molecule has 1 nitrogen and oxygen atoms in total. The minimum Gasteiger partial charge on any atom is -0.508 e. The number of hydrogen-bond donors (Lipinski definition) is 1. The standard InChI is InChI=1S/C10H13ClO/c1-7(2)9-5-8(6-11)3-4-10(9)12/h3-5,7,12H,6H2,1-2H3. The molecule has 0 fully saturated rings. The summed E-state index contributed by atoms with van der Waals surface area (Å²) in [5.41, 5.74) is 2.02. The van der Waals surface area contributed by atoms with Gasteiger partial charge in [0.15, 0.2) is 0 Å². The molecule has 0 radical (unpaired) electrons. The second-order valence-corrected chi connectivity index (χ2v) is 3.45. The molecule has 0 atom stereocenters. The Kier molecular flexibility index (Phi) is 2.99. The summed E-state index contributed by atoms with van der Waals surface area (Å²) in [6.07, 6.45) is 0. The highest BCUT2D eigenvalue weighted by Crippen LogP contribution is 2.26. The fourth-order valence-electron chi connectivity index (χ4n) is 1.15. The lowest BCUT2D eigenvalue weighted by molar-refractivity contribution is 0.464.